The summed E-state index contributed by atoms with van der Waals surface area (Å²) in [5, 5.41) is 9.95. The van der Waals surface area contributed by atoms with Gasteiger partial charge in [-0.1, -0.05) is 39.5 Å². The minimum absolute atomic E-state index is 0.0162. The van der Waals surface area contributed by atoms with E-state index in [1.807, 2.05) is 0 Å². The first-order chi connectivity index (χ1) is 13.6. The summed E-state index contributed by atoms with van der Waals surface area (Å²) < 4.78 is 5.80. The Morgan fingerprint density at radius 1 is 1.00 bits per heavy atom. The van der Waals surface area contributed by atoms with Crippen molar-refractivity contribution < 1.29 is 9.53 Å². The molecule has 0 aliphatic heterocycles. The van der Waals surface area contributed by atoms with Gasteiger partial charge < -0.3 is 4.74 Å². The van der Waals surface area contributed by atoms with Crippen molar-refractivity contribution in [2.45, 2.75) is 116 Å². The molecule has 0 bridgehead atoms. The third-order valence-electron chi connectivity index (χ3n) is 8.19. The Bertz CT molecular complexity index is 553. The van der Waals surface area contributed by atoms with E-state index in [2.05, 4.69) is 19.9 Å². The number of unbranched alkanes of at least 4 members (excludes halogenated alkanes) is 3. The van der Waals surface area contributed by atoms with E-state index >= 15 is 0 Å². The zero-order valence-electron chi connectivity index (χ0n) is 18.3. The molecule has 28 heavy (non-hydrogen) atoms. The van der Waals surface area contributed by atoms with Gasteiger partial charge in [0.2, 0.25) is 0 Å². The van der Waals surface area contributed by atoms with Crippen LogP contribution in [0.15, 0.2) is 0 Å². The summed E-state index contributed by atoms with van der Waals surface area (Å²) in [6.45, 7) is 4.36. The summed E-state index contributed by atoms with van der Waals surface area (Å²) in [5.74, 6) is 3.16. The van der Waals surface area contributed by atoms with Crippen LogP contribution in [-0.2, 0) is 9.53 Å². The second kappa shape index (κ2) is 10.1. The number of hydrogen-bond acceptors (Lipinski definition) is 3. The fourth-order valence-electron chi connectivity index (χ4n) is 6.65. The van der Waals surface area contributed by atoms with Crippen LogP contribution in [0, 0.1) is 40.4 Å². The normalized spacial score (nSPS) is 37.4. The molecular weight excluding hydrogens is 346 g/mol. The number of carbonyl (C=O) groups excluding carboxylic acids is 1. The quantitative estimate of drug-likeness (QED) is 0.340. The third-order valence-corrected chi connectivity index (χ3v) is 8.19. The van der Waals surface area contributed by atoms with Gasteiger partial charge in [0.1, 0.15) is 6.10 Å². The van der Waals surface area contributed by atoms with E-state index in [4.69, 9.17) is 4.74 Å². The summed E-state index contributed by atoms with van der Waals surface area (Å²) >= 11 is 0. The van der Waals surface area contributed by atoms with Crippen molar-refractivity contribution in [3.8, 4) is 6.07 Å². The predicted octanol–water partition coefficient (Wildman–Crippen LogP) is 6.81. The van der Waals surface area contributed by atoms with Crippen LogP contribution in [0.3, 0.4) is 0 Å². The molecule has 6 unspecified atom stereocenters. The topological polar surface area (TPSA) is 50.1 Å². The number of ether oxygens (including phenoxy) is 1. The van der Waals surface area contributed by atoms with Gasteiger partial charge in [-0.25, -0.2) is 0 Å². The first-order valence-corrected chi connectivity index (χ1v) is 12.2. The molecule has 3 aliphatic carbocycles. The molecule has 0 saturated heterocycles. The minimum Gasteiger partial charge on any atom is -0.462 e. The van der Waals surface area contributed by atoms with Gasteiger partial charge in [-0.05, 0) is 87.9 Å². The largest absolute Gasteiger partial charge is 0.462 e. The summed E-state index contributed by atoms with van der Waals surface area (Å²) in [5.41, 5.74) is -0.0326. The first-order valence-electron chi connectivity index (χ1n) is 12.2. The molecule has 0 aromatic carbocycles. The van der Waals surface area contributed by atoms with Gasteiger partial charge in [0.25, 0.3) is 0 Å². The van der Waals surface area contributed by atoms with Gasteiger partial charge in [0.15, 0.2) is 0 Å². The van der Waals surface area contributed by atoms with Crippen molar-refractivity contribution in [1.29, 1.82) is 5.26 Å². The summed E-state index contributed by atoms with van der Waals surface area (Å²) in [4.78, 5) is 12.0. The van der Waals surface area contributed by atoms with Crippen LogP contribution >= 0.6 is 0 Å². The van der Waals surface area contributed by atoms with Gasteiger partial charge >= 0.3 is 5.97 Å². The van der Waals surface area contributed by atoms with E-state index in [0.717, 1.165) is 68.6 Å². The van der Waals surface area contributed by atoms with Crippen molar-refractivity contribution in [2.75, 3.05) is 0 Å². The van der Waals surface area contributed by atoms with E-state index in [-0.39, 0.29) is 17.5 Å². The van der Waals surface area contributed by atoms with Crippen LogP contribution in [0.1, 0.15) is 110 Å². The minimum atomic E-state index is -0.0326. The van der Waals surface area contributed by atoms with Crippen molar-refractivity contribution >= 4 is 5.97 Å². The molecule has 3 nitrogen and oxygen atoms in total. The van der Waals surface area contributed by atoms with E-state index < -0.39 is 0 Å². The Morgan fingerprint density at radius 2 is 1.75 bits per heavy atom. The lowest BCUT2D eigenvalue weighted by Gasteiger charge is -2.52. The standard InChI is InChI=1S/C25H41NO2/c1-3-5-7-14-25(18-26)15-13-23-20(17-25)10-9-19-16-21(11-12-22(19)23)28-24(27)8-6-4-2/h19-23H,3-17H2,1-2H3. The molecule has 0 amide bonds. The maximum atomic E-state index is 12.0. The molecule has 3 heteroatoms. The number of hydrogen-bond donors (Lipinski definition) is 0. The van der Waals surface area contributed by atoms with E-state index in [1.165, 1.54) is 44.9 Å². The summed E-state index contributed by atoms with van der Waals surface area (Å²) in [6, 6.07) is 2.77. The number of rotatable bonds is 8. The molecule has 0 aromatic rings. The van der Waals surface area contributed by atoms with Crippen LogP contribution in [0.25, 0.3) is 0 Å². The monoisotopic (exact) mass is 387 g/mol. The maximum absolute atomic E-state index is 12.0. The van der Waals surface area contributed by atoms with Crippen LogP contribution in [0.4, 0.5) is 0 Å². The molecule has 0 radical (unpaired) electrons. The average Bonchev–Trinajstić information content (AvgIpc) is 2.72. The lowest BCUT2D eigenvalue weighted by atomic mass is 9.53. The number of esters is 1. The molecule has 3 saturated carbocycles. The smallest absolute Gasteiger partial charge is 0.306 e. The van der Waals surface area contributed by atoms with E-state index in [1.54, 1.807) is 0 Å². The van der Waals surface area contributed by atoms with Crippen LogP contribution in [-0.4, -0.2) is 12.1 Å². The number of carbonyl (C=O) groups is 1. The number of nitrogens with zero attached hydrogens (tertiary/aromatic N) is 1. The van der Waals surface area contributed by atoms with Gasteiger partial charge in [0.05, 0.1) is 11.5 Å². The Morgan fingerprint density at radius 3 is 2.50 bits per heavy atom. The highest BCUT2D eigenvalue weighted by atomic mass is 16.5. The maximum Gasteiger partial charge on any atom is 0.306 e. The van der Waals surface area contributed by atoms with Crippen LogP contribution in [0.2, 0.25) is 0 Å². The number of nitriles is 1. The Kier molecular flexibility index (Phi) is 7.84. The van der Waals surface area contributed by atoms with E-state index in [0.29, 0.717) is 6.42 Å². The summed E-state index contributed by atoms with van der Waals surface area (Å²) in [6.07, 6.45) is 17.1. The fourth-order valence-corrected chi connectivity index (χ4v) is 6.65. The zero-order chi connectivity index (χ0) is 20.0. The highest BCUT2D eigenvalue weighted by Gasteiger charge is 2.48. The van der Waals surface area contributed by atoms with Crippen LogP contribution in [0.5, 0.6) is 0 Å². The highest BCUT2D eigenvalue weighted by Crippen LogP contribution is 2.56. The third kappa shape index (κ3) is 5.11. The molecule has 0 aromatic heterocycles. The predicted molar refractivity (Wildman–Crippen MR) is 112 cm³/mol. The molecule has 3 rings (SSSR count). The molecule has 158 valence electrons. The molecular formula is C25H41NO2. The number of fused-ring (bicyclic) bond motifs is 3. The van der Waals surface area contributed by atoms with Gasteiger partial charge in [0, 0.05) is 6.42 Å². The second-order valence-corrected chi connectivity index (χ2v) is 10.0. The van der Waals surface area contributed by atoms with Crippen molar-refractivity contribution in [3.63, 3.8) is 0 Å². The lowest BCUT2D eigenvalue weighted by Crippen LogP contribution is -2.45. The second-order valence-electron chi connectivity index (χ2n) is 10.0. The van der Waals surface area contributed by atoms with Crippen molar-refractivity contribution in [2.24, 2.45) is 29.1 Å². The average molecular weight is 388 g/mol. The van der Waals surface area contributed by atoms with Crippen LogP contribution < -0.4 is 0 Å². The molecule has 3 aliphatic rings. The SMILES string of the molecule is CCCCCC1(C#N)CCC2C(CCC3CC(OC(=O)CCCC)CCC32)C1. The first kappa shape index (κ1) is 21.7. The van der Waals surface area contributed by atoms with Gasteiger partial charge in [-0.3, -0.25) is 4.79 Å². The van der Waals surface area contributed by atoms with Gasteiger partial charge in [-0.15, -0.1) is 0 Å². The van der Waals surface area contributed by atoms with E-state index in [9.17, 15) is 10.1 Å². The zero-order valence-corrected chi connectivity index (χ0v) is 18.3. The summed E-state index contributed by atoms with van der Waals surface area (Å²) in [7, 11) is 0. The molecule has 0 spiro atoms. The molecule has 6 atom stereocenters. The van der Waals surface area contributed by atoms with Crippen molar-refractivity contribution in [3.05, 3.63) is 0 Å². The molecule has 0 heterocycles. The van der Waals surface area contributed by atoms with Gasteiger partial charge in [-0.2, -0.15) is 5.26 Å². The Labute approximate surface area is 172 Å². The molecule has 3 fully saturated rings. The lowest BCUT2D eigenvalue weighted by molar-refractivity contribution is -0.154. The highest BCUT2D eigenvalue weighted by molar-refractivity contribution is 5.69. The fraction of sp³-hybridized carbons (Fsp3) is 0.920. The Hall–Kier alpha value is -1.04. The van der Waals surface area contributed by atoms with Crippen molar-refractivity contribution in [1.82, 2.24) is 0 Å². The molecule has 0 N–H and O–H groups in total. The Balaban J connectivity index is 1.53.